The number of carbonyl (C=O) groups is 2. The molecule has 0 radical (unpaired) electrons. The molecule has 3 aromatic rings. The van der Waals surface area contributed by atoms with Crippen LogP contribution in [0.15, 0.2) is 83.0 Å². The van der Waals surface area contributed by atoms with E-state index in [2.05, 4.69) is 65.8 Å². The molecular weight excluding hydrogens is 556 g/mol. The molecule has 0 saturated carbocycles. The molecule has 1 aliphatic carbocycles. The SMILES string of the molecule is CC.CC=O.CCOC(=O)c1coc(C2=CC(C)CC(/C=C/C3NCCc4cc(OCc5ccccc5)c(OC)cc43)=C2)n1. The lowest BCUT2D eigenvalue weighted by atomic mass is 9.89. The lowest BCUT2D eigenvalue weighted by molar-refractivity contribution is -0.106. The maximum atomic E-state index is 12.0. The lowest BCUT2D eigenvalue weighted by Gasteiger charge is -2.26. The molecule has 234 valence electrons. The Balaban J connectivity index is 0.000000997. The second-order valence-electron chi connectivity index (χ2n) is 10.0. The Morgan fingerprint density at radius 1 is 1.16 bits per heavy atom. The maximum absolute atomic E-state index is 12.0. The number of hydrogen-bond donors (Lipinski definition) is 1. The number of oxazole rings is 1. The molecule has 8 heteroatoms. The number of nitrogens with zero attached hydrogens (tertiary/aromatic N) is 1. The van der Waals surface area contributed by atoms with Gasteiger partial charge in [0.15, 0.2) is 17.2 Å². The molecule has 0 bridgehead atoms. The van der Waals surface area contributed by atoms with Crippen molar-refractivity contribution in [2.75, 3.05) is 20.3 Å². The van der Waals surface area contributed by atoms with Crippen LogP contribution >= 0.6 is 0 Å². The highest BCUT2D eigenvalue weighted by Crippen LogP contribution is 2.37. The number of aldehydes is 1. The number of aromatic nitrogens is 1. The molecule has 0 amide bonds. The van der Waals surface area contributed by atoms with Crippen molar-refractivity contribution in [3.63, 3.8) is 0 Å². The highest BCUT2D eigenvalue weighted by molar-refractivity contribution is 5.87. The smallest absolute Gasteiger partial charge is 0.360 e. The van der Waals surface area contributed by atoms with Crippen LogP contribution in [-0.4, -0.2) is 37.5 Å². The van der Waals surface area contributed by atoms with Crippen molar-refractivity contribution in [3.8, 4) is 11.5 Å². The Bertz CT molecular complexity index is 1450. The van der Waals surface area contributed by atoms with Crippen molar-refractivity contribution in [1.29, 1.82) is 0 Å². The number of allylic oxidation sites excluding steroid dienone is 5. The van der Waals surface area contributed by atoms with E-state index in [-0.39, 0.29) is 11.7 Å². The van der Waals surface area contributed by atoms with Crippen molar-refractivity contribution in [2.45, 2.75) is 60.1 Å². The Morgan fingerprint density at radius 3 is 2.61 bits per heavy atom. The van der Waals surface area contributed by atoms with E-state index < -0.39 is 5.97 Å². The van der Waals surface area contributed by atoms with E-state index in [1.165, 1.54) is 29.9 Å². The zero-order valence-corrected chi connectivity index (χ0v) is 26.6. The molecular formula is C36H44N2O6. The Hall–Kier alpha value is -4.43. The lowest BCUT2D eigenvalue weighted by Crippen LogP contribution is -2.28. The molecule has 0 saturated heterocycles. The van der Waals surface area contributed by atoms with Gasteiger partial charge in [-0.05, 0) is 73.1 Å². The van der Waals surface area contributed by atoms with Crippen molar-refractivity contribution < 1.29 is 28.2 Å². The fraction of sp³-hybridized carbons (Fsp3) is 0.361. The molecule has 2 aliphatic rings. The summed E-state index contributed by atoms with van der Waals surface area (Å²) in [5, 5.41) is 3.62. The van der Waals surface area contributed by atoms with Gasteiger partial charge in [-0.15, -0.1) is 0 Å². The quantitative estimate of drug-likeness (QED) is 0.200. The van der Waals surface area contributed by atoms with Crippen LogP contribution in [0.25, 0.3) is 5.57 Å². The standard InChI is InChI=1S/C32H34N2O5.C2H4O.C2H6/c1-4-37-32(35)28-20-39-31(34-28)25-15-21(2)14-23(16-25)10-11-27-26-18-29(36-3)30(17-24(26)12-13-33-27)38-19-22-8-6-5-7-9-22;1-2-3;1-2/h5-11,15-18,20-21,27,33H,4,12-14,19H2,1-3H3;2H,1H3;1-2H3/b11-10+;;. The van der Waals surface area contributed by atoms with Crippen LogP contribution in [0.3, 0.4) is 0 Å². The summed E-state index contributed by atoms with van der Waals surface area (Å²) < 4.78 is 22.5. The van der Waals surface area contributed by atoms with E-state index in [4.69, 9.17) is 23.4 Å². The molecule has 0 fully saturated rings. The molecule has 2 atom stereocenters. The van der Waals surface area contributed by atoms with Gasteiger partial charge in [0.25, 0.3) is 0 Å². The molecule has 44 heavy (non-hydrogen) atoms. The van der Waals surface area contributed by atoms with E-state index in [1.807, 2.05) is 32.0 Å². The van der Waals surface area contributed by atoms with Gasteiger partial charge in [0.05, 0.1) is 19.8 Å². The maximum Gasteiger partial charge on any atom is 0.360 e. The minimum Gasteiger partial charge on any atom is -0.493 e. The minimum absolute atomic E-state index is 0.0496. The van der Waals surface area contributed by atoms with Crippen molar-refractivity contribution in [1.82, 2.24) is 10.3 Å². The third kappa shape index (κ3) is 9.28. The number of hydrogen-bond acceptors (Lipinski definition) is 8. The average molecular weight is 601 g/mol. The monoisotopic (exact) mass is 600 g/mol. The van der Waals surface area contributed by atoms with Gasteiger partial charge >= 0.3 is 5.97 Å². The van der Waals surface area contributed by atoms with Gasteiger partial charge in [0.2, 0.25) is 5.89 Å². The first-order valence-corrected chi connectivity index (χ1v) is 15.2. The van der Waals surface area contributed by atoms with Crippen LogP contribution < -0.4 is 14.8 Å². The predicted molar refractivity (Wildman–Crippen MR) is 173 cm³/mol. The van der Waals surface area contributed by atoms with Crippen molar-refractivity contribution in [3.05, 3.63) is 107 Å². The molecule has 5 rings (SSSR count). The first kappa shape index (κ1) is 34.1. The Labute approximate surface area is 260 Å². The fourth-order valence-electron chi connectivity index (χ4n) is 4.99. The largest absolute Gasteiger partial charge is 0.493 e. The second-order valence-corrected chi connectivity index (χ2v) is 10.0. The second kappa shape index (κ2) is 17.6. The van der Waals surface area contributed by atoms with Crippen molar-refractivity contribution in [2.24, 2.45) is 5.92 Å². The first-order valence-electron chi connectivity index (χ1n) is 15.2. The molecule has 2 heterocycles. The highest BCUT2D eigenvalue weighted by Gasteiger charge is 2.22. The third-order valence-corrected chi connectivity index (χ3v) is 6.86. The minimum atomic E-state index is -0.479. The number of ether oxygens (including phenoxy) is 3. The van der Waals surface area contributed by atoms with Gasteiger partial charge in [0, 0.05) is 12.1 Å². The van der Waals surface area contributed by atoms with Crippen LogP contribution in [0.1, 0.15) is 80.2 Å². The summed E-state index contributed by atoms with van der Waals surface area (Å²) in [5.74, 6) is 1.73. The van der Waals surface area contributed by atoms with Crippen LogP contribution in [0.4, 0.5) is 0 Å². The summed E-state index contributed by atoms with van der Waals surface area (Å²) in [6, 6.07) is 14.4. The number of benzene rings is 2. The molecule has 1 aromatic heterocycles. The number of methoxy groups -OCH3 is 1. The van der Waals surface area contributed by atoms with E-state index in [1.54, 1.807) is 14.0 Å². The first-order chi connectivity index (χ1) is 21.4. The van der Waals surface area contributed by atoms with Gasteiger partial charge in [-0.25, -0.2) is 9.78 Å². The van der Waals surface area contributed by atoms with Crippen LogP contribution in [-0.2, 0) is 22.6 Å². The number of fused-ring (bicyclic) bond motifs is 1. The van der Waals surface area contributed by atoms with Crippen LogP contribution in [0.5, 0.6) is 11.5 Å². The summed E-state index contributed by atoms with van der Waals surface area (Å²) in [6.45, 7) is 11.0. The molecule has 1 N–H and O–H groups in total. The molecule has 2 aromatic carbocycles. The van der Waals surface area contributed by atoms with Gasteiger partial charge in [0.1, 0.15) is 19.2 Å². The zero-order valence-electron chi connectivity index (χ0n) is 26.6. The van der Waals surface area contributed by atoms with Gasteiger partial charge in [-0.1, -0.05) is 69.3 Å². The highest BCUT2D eigenvalue weighted by atomic mass is 16.5. The fourth-order valence-corrected chi connectivity index (χ4v) is 4.99. The van der Waals surface area contributed by atoms with Gasteiger partial charge in [-0.3, -0.25) is 0 Å². The molecule has 0 spiro atoms. The van der Waals surface area contributed by atoms with Crippen LogP contribution in [0.2, 0.25) is 0 Å². The Kier molecular flexibility index (Phi) is 13.6. The number of nitrogens with one attached hydrogen (secondary N) is 1. The summed E-state index contributed by atoms with van der Waals surface area (Å²) in [5.41, 5.74) is 5.77. The van der Waals surface area contributed by atoms with Crippen molar-refractivity contribution >= 4 is 17.8 Å². The summed E-state index contributed by atoms with van der Waals surface area (Å²) in [4.78, 5) is 25.2. The Morgan fingerprint density at radius 2 is 1.91 bits per heavy atom. The molecule has 8 nitrogen and oxygen atoms in total. The summed E-state index contributed by atoms with van der Waals surface area (Å²) in [7, 11) is 1.68. The predicted octanol–water partition coefficient (Wildman–Crippen LogP) is 7.46. The molecule has 2 unspecified atom stereocenters. The normalized spacial score (nSPS) is 17.0. The van der Waals surface area contributed by atoms with Gasteiger partial charge < -0.3 is 28.7 Å². The van der Waals surface area contributed by atoms with E-state index >= 15 is 0 Å². The van der Waals surface area contributed by atoms with Gasteiger partial charge in [-0.2, -0.15) is 0 Å². The summed E-state index contributed by atoms with van der Waals surface area (Å²) >= 11 is 0. The van der Waals surface area contributed by atoms with Crippen LogP contribution in [0, 0.1) is 5.92 Å². The zero-order chi connectivity index (χ0) is 31.9. The molecule has 1 aliphatic heterocycles. The number of rotatable bonds is 9. The number of carbonyl (C=O) groups excluding carboxylic acids is 2. The van der Waals surface area contributed by atoms with E-state index in [0.29, 0.717) is 25.0 Å². The topological polar surface area (TPSA) is 99.9 Å². The average Bonchev–Trinajstić information content (AvgIpc) is 3.55. The van der Waals surface area contributed by atoms with E-state index in [0.717, 1.165) is 48.3 Å². The number of esters is 1. The van der Waals surface area contributed by atoms with E-state index in [9.17, 15) is 4.79 Å². The summed E-state index contributed by atoms with van der Waals surface area (Å²) in [6.07, 6.45) is 12.5. The third-order valence-electron chi connectivity index (χ3n) is 6.86.